The van der Waals surface area contributed by atoms with Crippen LogP contribution in [0.15, 0.2) is 29.2 Å². The Labute approximate surface area is 212 Å². The molecule has 1 amide bonds. The molecule has 0 aromatic heterocycles. The highest BCUT2D eigenvalue weighted by Gasteiger charge is 2.44. The lowest BCUT2D eigenvalue weighted by Crippen LogP contribution is -2.50. The molecule has 1 atom stereocenters. The minimum absolute atomic E-state index is 0.121. The number of alkyl halides is 3. The van der Waals surface area contributed by atoms with E-state index in [0.717, 1.165) is 44.1 Å². The van der Waals surface area contributed by atoms with E-state index in [0.29, 0.717) is 45.2 Å². The average molecular weight is 530 g/mol. The molecule has 2 saturated heterocycles. The molecule has 0 spiro atoms. The van der Waals surface area contributed by atoms with Gasteiger partial charge in [0.2, 0.25) is 15.9 Å². The van der Waals surface area contributed by atoms with Gasteiger partial charge >= 0.3 is 6.18 Å². The molecule has 202 valence electrons. The number of hydrogen-bond donors (Lipinski definition) is 0. The molecule has 0 radical (unpaired) electrons. The highest BCUT2D eigenvalue weighted by molar-refractivity contribution is 7.89. The van der Waals surface area contributed by atoms with Crippen molar-refractivity contribution in [3.05, 3.63) is 29.8 Å². The maximum Gasteiger partial charge on any atom is 0.416 e. The lowest BCUT2D eigenvalue weighted by atomic mass is 10.00. The van der Waals surface area contributed by atoms with Crippen LogP contribution in [-0.4, -0.2) is 72.7 Å². The van der Waals surface area contributed by atoms with Crippen LogP contribution in [0.2, 0.25) is 0 Å². The maximum atomic E-state index is 13.5. The van der Waals surface area contributed by atoms with E-state index in [9.17, 15) is 26.4 Å². The monoisotopic (exact) mass is 529 g/mol. The summed E-state index contributed by atoms with van der Waals surface area (Å²) < 4.78 is 68.0. The van der Waals surface area contributed by atoms with Crippen molar-refractivity contribution in [2.45, 2.75) is 100 Å². The van der Waals surface area contributed by atoms with Gasteiger partial charge in [0.15, 0.2) is 0 Å². The molecule has 1 aromatic rings. The zero-order chi connectivity index (χ0) is 25.9. The minimum Gasteiger partial charge on any atom is -0.343 e. The van der Waals surface area contributed by atoms with Crippen molar-refractivity contribution >= 4 is 15.9 Å². The Morgan fingerprint density at radius 3 is 2.25 bits per heavy atom. The normalized spacial score (nSPS) is 21.6. The van der Waals surface area contributed by atoms with Crippen LogP contribution in [0.1, 0.15) is 76.7 Å². The molecule has 0 bridgehead atoms. The van der Waals surface area contributed by atoms with Crippen molar-refractivity contribution in [2.24, 2.45) is 0 Å². The molecule has 36 heavy (non-hydrogen) atoms. The Kier molecular flexibility index (Phi) is 8.67. The highest BCUT2D eigenvalue weighted by atomic mass is 32.2. The van der Waals surface area contributed by atoms with Gasteiger partial charge in [-0.3, -0.25) is 9.69 Å². The third kappa shape index (κ3) is 6.42. The topological polar surface area (TPSA) is 60.9 Å². The minimum atomic E-state index is -4.61. The zero-order valence-corrected chi connectivity index (χ0v) is 21.9. The molecule has 4 rings (SSSR count). The summed E-state index contributed by atoms with van der Waals surface area (Å²) in [5.41, 5.74) is -0.963. The van der Waals surface area contributed by atoms with E-state index in [1.165, 1.54) is 29.6 Å². The van der Waals surface area contributed by atoms with E-state index in [2.05, 4.69) is 11.8 Å². The van der Waals surface area contributed by atoms with Crippen molar-refractivity contribution < 1.29 is 26.4 Å². The summed E-state index contributed by atoms with van der Waals surface area (Å²) in [5, 5.41) is 0. The average Bonchev–Trinajstić information content (AvgIpc) is 3.69. The smallest absolute Gasteiger partial charge is 0.343 e. The first-order chi connectivity index (χ1) is 17.1. The first-order valence-corrected chi connectivity index (χ1v) is 14.8. The summed E-state index contributed by atoms with van der Waals surface area (Å²) in [6.45, 7) is 5.19. The van der Waals surface area contributed by atoms with Gasteiger partial charge in [-0.15, -0.1) is 0 Å². The Morgan fingerprint density at radius 1 is 1.03 bits per heavy atom. The van der Waals surface area contributed by atoms with Gasteiger partial charge in [-0.25, -0.2) is 8.42 Å². The first kappa shape index (κ1) is 27.4. The molecule has 1 aliphatic carbocycles. The number of carbonyl (C=O) groups is 1. The Hall–Kier alpha value is -1.65. The van der Waals surface area contributed by atoms with Gasteiger partial charge in [-0.2, -0.15) is 17.5 Å². The molecule has 3 fully saturated rings. The van der Waals surface area contributed by atoms with Crippen LogP contribution >= 0.6 is 0 Å². The Bertz CT molecular complexity index is 999. The van der Waals surface area contributed by atoms with E-state index in [1.807, 2.05) is 4.90 Å². The van der Waals surface area contributed by atoms with Crippen LogP contribution in [0.4, 0.5) is 13.2 Å². The number of nitrogens with zero attached hydrogens (tertiary/aromatic N) is 3. The van der Waals surface area contributed by atoms with Crippen LogP contribution < -0.4 is 0 Å². The molecule has 1 saturated carbocycles. The van der Waals surface area contributed by atoms with Crippen molar-refractivity contribution in [3.8, 4) is 0 Å². The van der Waals surface area contributed by atoms with Gasteiger partial charge in [0.25, 0.3) is 0 Å². The fourth-order valence-electron chi connectivity index (χ4n) is 5.71. The second-order valence-corrected chi connectivity index (χ2v) is 12.3. The molecular weight excluding hydrogens is 491 g/mol. The lowest BCUT2D eigenvalue weighted by Gasteiger charge is -2.39. The maximum absolute atomic E-state index is 13.5. The van der Waals surface area contributed by atoms with Crippen LogP contribution in [0.5, 0.6) is 0 Å². The third-order valence-corrected chi connectivity index (χ3v) is 9.76. The van der Waals surface area contributed by atoms with Crippen molar-refractivity contribution in [3.63, 3.8) is 0 Å². The second-order valence-electron chi connectivity index (χ2n) is 10.4. The number of sulfonamides is 1. The van der Waals surface area contributed by atoms with Crippen LogP contribution in [0, 0.1) is 0 Å². The van der Waals surface area contributed by atoms with Crippen LogP contribution in [-0.2, 0) is 21.0 Å². The fourth-order valence-corrected chi connectivity index (χ4v) is 7.68. The number of hydrogen-bond acceptors (Lipinski definition) is 4. The Balaban J connectivity index is 1.41. The van der Waals surface area contributed by atoms with Gasteiger partial charge < -0.3 is 4.90 Å². The molecular formula is C26H38F3N3O3S. The molecule has 0 N–H and O–H groups in total. The summed E-state index contributed by atoms with van der Waals surface area (Å²) in [7, 11) is -4.08. The third-order valence-electron chi connectivity index (χ3n) is 7.76. The largest absolute Gasteiger partial charge is 0.416 e. The molecule has 1 aromatic carbocycles. The first-order valence-electron chi connectivity index (χ1n) is 13.3. The molecule has 3 aliphatic rings. The molecule has 6 nitrogen and oxygen atoms in total. The van der Waals surface area contributed by atoms with Crippen LogP contribution in [0.3, 0.4) is 0 Å². The number of piperidine rings is 2. The van der Waals surface area contributed by atoms with Crippen molar-refractivity contribution in [2.75, 3.05) is 26.2 Å². The fraction of sp³-hybridized carbons (Fsp3) is 0.731. The number of rotatable bonds is 9. The Morgan fingerprint density at radius 2 is 1.67 bits per heavy atom. The zero-order valence-electron chi connectivity index (χ0n) is 21.0. The van der Waals surface area contributed by atoms with Crippen molar-refractivity contribution in [1.82, 2.24) is 14.1 Å². The standard InChI is InChI=1S/C26H38F3N3O3S/c1-2-7-23(30-14-4-3-5-15-30)19-25(33)31-16-12-22(13-17-31)32(21-10-11-21)36(34,35)24-9-6-8-20(18-24)26(27,28)29/h6,8-9,18,21-23H,2-5,7,10-17,19H2,1H3. The summed E-state index contributed by atoms with van der Waals surface area (Å²) in [4.78, 5) is 17.2. The summed E-state index contributed by atoms with van der Waals surface area (Å²) in [6.07, 6.45) is 3.95. The van der Waals surface area contributed by atoms with Gasteiger partial charge in [-0.05, 0) is 76.2 Å². The number of benzene rings is 1. The van der Waals surface area contributed by atoms with E-state index in [-0.39, 0.29) is 28.9 Å². The lowest BCUT2D eigenvalue weighted by molar-refractivity contribution is -0.137. The van der Waals surface area contributed by atoms with Gasteiger partial charge in [-0.1, -0.05) is 25.8 Å². The quantitative estimate of drug-likeness (QED) is 0.457. The van der Waals surface area contributed by atoms with E-state index >= 15 is 0 Å². The number of likely N-dealkylation sites (tertiary alicyclic amines) is 2. The van der Waals surface area contributed by atoms with Gasteiger partial charge in [0.05, 0.1) is 10.5 Å². The van der Waals surface area contributed by atoms with E-state index in [1.54, 1.807) is 0 Å². The van der Waals surface area contributed by atoms with Gasteiger partial charge in [0, 0.05) is 37.6 Å². The second kappa shape index (κ2) is 11.4. The summed E-state index contributed by atoms with van der Waals surface area (Å²) in [5.74, 6) is 0.121. The predicted octanol–water partition coefficient (Wildman–Crippen LogP) is 4.89. The summed E-state index contributed by atoms with van der Waals surface area (Å²) in [6, 6.07) is 3.78. The van der Waals surface area contributed by atoms with Crippen LogP contribution in [0.25, 0.3) is 0 Å². The van der Waals surface area contributed by atoms with Gasteiger partial charge in [0.1, 0.15) is 0 Å². The number of amides is 1. The van der Waals surface area contributed by atoms with Crippen molar-refractivity contribution in [1.29, 1.82) is 0 Å². The molecule has 2 aliphatic heterocycles. The molecule has 1 unspecified atom stereocenters. The number of halogens is 3. The SMILES string of the molecule is CCCC(CC(=O)N1CCC(N(C2CC2)S(=O)(=O)c2cccc(C(F)(F)F)c2)CC1)N1CCCCC1. The van der Waals surface area contributed by atoms with E-state index in [4.69, 9.17) is 0 Å². The summed E-state index contributed by atoms with van der Waals surface area (Å²) >= 11 is 0. The molecule has 2 heterocycles. The highest BCUT2D eigenvalue weighted by Crippen LogP contribution is 2.38. The molecule has 10 heteroatoms. The predicted molar refractivity (Wildman–Crippen MR) is 132 cm³/mol. The number of carbonyl (C=O) groups excluding carboxylic acids is 1. The van der Waals surface area contributed by atoms with E-state index < -0.39 is 21.8 Å².